The van der Waals surface area contributed by atoms with Gasteiger partial charge < -0.3 is 11.1 Å². The second-order valence-corrected chi connectivity index (χ2v) is 5.85. The fraction of sp³-hybridized carbons (Fsp3) is 0.417. The van der Waals surface area contributed by atoms with Crippen LogP contribution in [0.3, 0.4) is 0 Å². The van der Waals surface area contributed by atoms with Crippen molar-refractivity contribution in [3.05, 3.63) is 23.8 Å². The summed E-state index contributed by atoms with van der Waals surface area (Å²) in [5.41, 5.74) is 7.93. The highest BCUT2D eigenvalue weighted by molar-refractivity contribution is 8.00. The minimum atomic E-state index is -0.198. The zero-order chi connectivity index (χ0) is 11.8. The lowest BCUT2D eigenvalue weighted by atomic mass is 9.96. The Kier molecular flexibility index (Phi) is 2.95. The van der Waals surface area contributed by atoms with Gasteiger partial charge in [0.15, 0.2) is 0 Å². The van der Waals surface area contributed by atoms with Crippen LogP contribution in [-0.4, -0.2) is 17.2 Å². The third-order valence-corrected chi connectivity index (χ3v) is 3.39. The van der Waals surface area contributed by atoms with Gasteiger partial charge in [-0.05, 0) is 38.0 Å². The summed E-state index contributed by atoms with van der Waals surface area (Å²) in [7, 11) is 0. The maximum Gasteiger partial charge on any atom is 0.234 e. The number of nitrogens with two attached hydrogens (primary N) is 1. The number of hydrogen-bond acceptors (Lipinski definition) is 3. The van der Waals surface area contributed by atoms with E-state index >= 15 is 0 Å². The van der Waals surface area contributed by atoms with Gasteiger partial charge in [0.25, 0.3) is 0 Å². The smallest absolute Gasteiger partial charge is 0.234 e. The quantitative estimate of drug-likeness (QED) is 0.826. The van der Waals surface area contributed by atoms with Crippen LogP contribution in [0.1, 0.15) is 19.4 Å². The van der Waals surface area contributed by atoms with Gasteiger partial charge in [-0.25, -0.2) is 0 Å². The van der Waals surface area contributed by atoms with Crippen molar-refractivity contribution in [3.63, 3.8) is 0 Å². The summed E-state index contributed by atoms with van der Waals surface area (Å²) < 4.78 is 0. The van der Waals surface area contributed by atoms with E-state index in [4.69, 9.17) is 5.73 Å². The van der Waals surface area contributed by atoms with Crippen LogP contribution in [-0.2, 0) is 11.2 Å². The van der Waals surface area contributed by atoms with Crippen molar-refractivity contribution in [2.75, 3.05) is 11.1 Å². The van der Waals surface area contributed by atoms with Gasteiger partial charge in [0.2, 0.25) is 5.91 Å². The topological polar surface area (TPSA) is 55.1 Å². The van der Waals surface area contributed by atoms with Crippen molar-refractivity contribution in [2.24, 2.45) is 5.73 Å². The van der Waals surface area contributed by atoms with Crippen LogP contribution in [0.5, 0.6) is 0 Å². The van der Waals surface area contributed by atoms with Gasteiger partial charge in [-0.3, -0.25) is 4.79 Å². The molecule has 0 fully saturated rings. The van der Waals surface area contributed by atoms with E-state index in [1.54, 1.807) is 11.8 Å². The van der Waals surface area contributed by atoms with E-state index in [0.717, 1.165) is 17.0 Å². The molecule has 0 spiro atoms. The molecule has 0 radical (unpaired) electrons. The Labute approximate surface area is 99.8 Å². The Balaban J connectivity index is 2.23. The lowest BCUT2D eigenvalue weighted by Crippen LogP contribution is -2.34. The number of carbonyl (C=O) groups excluding carboxylic acids is 1. The van der Waals surface area contributed by atoms with Crippen molar-refractivity contribution in [1.82, 2.24) is 0 Å². The molecular formula is C12H16N2OS. The van der Waals surface area contributed by atoms with Crippen molar-refractivity contribution in [2.45, 2.75) is 30.7 Å². The molecule has 1 heterocycles. The summed E-state index contributed by atoms with van der Waals surface area (Å²) in [4.78, 5) is 12.3. The number of amides is 1. The van der Waals surface area contributed by atoms with E-state index in [2.05, 4.69) is 11.4 Å². The maximum atomic E-state index is 11.2. The van der Waals surface area contributed by atoms with Gasteiger partial charge >= 0.3 is 0 Å². The Morgan fingerprint density at radius 2 is 2.25 bits per heavy atom. The van der Waals surface area contributed by atoms with Crippen LogP contribution in [0.2, 0.25) is 0 Å². The van der Waals surface area contributed by atoms with Crippen molar-refractivity contribution in [3.8, 4) is 0 Å². The number of thioether (sulfide) groups is 1. The molecule has 0 aromatic heterocycles. The highest BCUT2D eigenvalue weighted by Crippen LogP contribution is 2.32. The van der Waals surface area contributed by atoms with Gasteiger partial charge in [-0.15, -0.1) is 11.8 Å². The molecule has 1 aromatic carbocycles. The number of nitrogens with one attached hydrogen (secondary N) is 1. The molecule has 1 amide bonds. The first-order valence-electron chi connectivity index (χ1n) is 5.28. The molecular weight excluding hydrogens is 220 g/mol. The van der Waals surface area contributed by atoms with Crippen molar-refractivity contribution >= 4 is 23.4 Å². The summed E-state index contributed by atoms with van der Waals surface area (Å²) in [6.07, 6.45) is 0.842. The highest BCUT2D eigenvalue weighted by atomic mass is 32.2. The average molecular weight is 236 g/mol. The predicted molar refractivity (Wildman–Crippen MR) is 67.8 cm³/mol. The van der Waals surface area contributed by atoms with Crippen LogP contribution in [0.15, 0.2) is 23.1 Å². The number of anilines is 1. The molecule has 16 heavy (non-hydrogen) atoms. The van der Waals surface area contributed by atoms with Crippen LogP contribution in [0.25, 0.3) is 0 Å². The lowest BCUT2D eigenvalue weighted by Gasteiger charge is -2.21. The Hall–Kier alpha value is -1.00. The van der Waals surface area contributed by atoms with Gasteiger partial charge in [-0.2, -0.15) is 0 Å². The molecule has 0 unspecified atom stereocenters. The van der Waals surface area contributed by atoms with Gasteiger partial charge in [0.05, 0.1) is 11.4 Å². The monoisotopic (exact) mass is 236 g/mol. The molecule has 4 heteroatoms. The number of carbonyl (C=O) groups is 1. The van der Waals surface area contributed by atoms with Crippen molar-refractivity contribution in [1.29, 1.82) is 0 Å². The Morgan fingerprint density at radius 3 is 2.94 bits per heavy atom. The molecule has 0 bridgehead atoms. The summed E-state index contributed by atoms with van der Waals surface area (Å²) in [5.74, 6) is 0.576. The first-order valence-corrected chi connectivity index (χ1v) is 6.27. The normalized spacial score (nSPS) is 15.6. The standard InChI is InChI=1S/C12H16N2OS/c1-12(2,13)6-8-3-4-9-10(5-8)16-7-11(15)14-9/h3-5H,6-7,13H2,1-2H3,(H,14,15). The summed E-state index contributed by atoms with van der Waals surface area (Å²) >= 11 is 1.58. The number of hydrogen-bond donors (Lipinski definition) is 2. The van der Waals surface area contributed by atoms with E-state index in [1.165, 1.54) is 5.56 Å². The fourth-order valence-electron chi connectivity index (χ4n) is 1.76. The van der Waals surface area contributed by atoms with Crippen molar-refractivity contribution < 1.29 is 4.79 Å². The molecule has 86 valence electrons. The van der Waals surface area contributed by atoms with Crippen LogP contribution in [0, 0.1) is 0 Å². The van der Waals surface area contributed by atoms with E-state index < -0.39 is 0 Å². The third-order valence-electron chi connectivity index (χ3n) is 2.34. The zero-order valence-corrected chi connectivity index (χ0v) is 10.4. The molecule has 3 nitrogen and oxygen atoms in total. The molecule has 2 rings (SSSR count). The number of rotatable bonds is 2. The molecule has 0 atom stereocenters. The van der Waals surface area contributed by atoms with E-state index in [-0.39, 0.29) is 11.4 Å². The Morgan fingerprint density at radius 1 is 1.50 bits per heavy atom. The summed E-state index contributed by atoms with van der Waals surface area (Å²) in [6, 6.07) is 6.11. The highest BCUT2D eigenvalue weighted by Gasteiger charge is 2.17. The SMILES string of the molecule is CC(C)(N)Cc1ccc2c(c1)SCC(=O)N2. The summed E-state index contributed by atoms with van der Waals surface area (Å²) in [5, 5.41) is 2.86. The molecule has 1 aliphatic heterocycles. The fourth-order valence-corrected chi connectivity index (χ4v) is 2.62. The number of fused-ring (bicyclic) bond motifs is 1. The van der Waals surface area contributed by atoms with Crippen LogP contribution >= 0.6 is 11.8 Å². The predicted octanol–water partition coefficient (Wildman–Crippen LogP) is 2.01. The summed E-state index contributed by atoms with van der Waals surface area (Å²) in [6.45, 7) is 4.03. The minimum Gasteiger partial charge on any atom is -0.325 e. The number of benzene rings is 1. The van der Waals surface area contributed by atoms with Crippen LogP contribution in [0.4, 0.5) is 5.69 Å². The molecule has 3 N–H and O–H groups in total. The minimum absolute atomic E-state index is 0.0735. The largest absolute Gasteiger partial charge is 0.325 e. The molecule has 0 aliphatic carbocycles. The molecule has 0 saturated carbocycles. The molecule has 1 aliphatic rings. The maximum absolute atomic E-state index is 11.2. The van der Waals surface area contributed by atoms with E-state index in [1.807, 2.05) is 26.0 Å². The second-order valence-electron chi connectivity index (χ2n) is 4.83. The molecule has 0 saturated heterocycles. The Bertz CT molecular complexity index is 424. The molecule has 1 aromatic rings. The van der Waals surface area contributed by atoms with E-state index in [0.29, 0.717) is 5.75 Å². The average Bonchev–Trinajstić information content (AvgIpc) is 2.16. The van der Waals surface area contributed by atoms with Gasteiger partial charge in [0, 0.05) is 10.4 Å². The zero-order valence-electron chi connectivity index (χ0n) is 9.54. The van der Waals surface area contributed by atoms with Gasteiger partial charge in [0.1, 0.15) is 0 Å². The lowest BCUT2D eigenvalue weighted by molar-refractivity contribution is -0.113. The third kappa shape index (κ3) is 2.77. The van der Waals surface area contributed by atoms with Crippen LogP contribution < -0.4 is 11.1 Å². The first-order chi connectivity index (χ1) is 7.44. The van der Waals surface area contributed by atoms with E-state index in [9.17, 15) is 4.79 Å². The second kappa shape index (κ2) is 4.11. The van der Waals surface area contributed by atoms with Gasteiger partial charge in [-0.1, -0.05) is 6.07 Å². The first kappa shape index (κ1) is 11.5.